The molecule has 1 aliphatic rings. The Balaban J connectivity index is 1.81. The van der Waals surface area contributed by atoms with Gasteiger partial charge in [0, 0.05) is 23.3 Å². The van der Waals surface area contributed by atoms with Crippen molar-refractivity contribution in [1.29, 1.82) is 0 Å². The number of carbonyl (C=O) groups excluding carboxylic acids is 1. The van der Waals surface area contributed by atoms with Crippen LogP contribution >= 0.6 is 11.6 Å². The van der Waals surface area contributed by atoms with Crippen molar-refractivity contribution in [1.82, 2.24) is 5.32 Å². The first-order valence-corrected chi connectivity index (χ1v) is 8.89. The van der Waals surface area contributed by atoms with Gasteiger partial charge in [0.15, 0.2) is 6.10 Å². The number of aryl methyl sites for hydroxylation is 1. The quantitative estimate of drug-likeness (QED) is 0.798. The van der Waals surface area contributed by atoms with E-state index in [0.29, 0.717) is 23.4 Å². The van der Waals surface area contributed by atoms with Crippen LogP contribution in [0, 0.1) is 6.92 Å². The Morgan fingerprint density at radius 2 is 1.84 bits per heavy atom. The van der Waals surface area contributed by atoms with Crippen LogP contribution in [0.2, 0.25) is 5.02 Å². The Labute approximate surface area is 153 Å². The lowest BCUT2D eigenvalue weighted by Crippen LogP contribution is -2.70. The largest absolute Gasteiger partial charge is 0.478 e. The fourth-order valence-electron chi connectivity index (χ4n) is 2.99. The first-order valence-electron chi connectivity index (χ1n) is 8.51. The van der Waals surface area contributed by atoms with Crippen molar-refractivity contribution in [2.45, 2.75) is 39.0 Å². The molecule has 0 aromatic heterocycles. The maximum absolute atomic E-state index is 12.8. The van der Waals surface area contributed by atoms with Crippen LogP contribution in [0.1, 0.15) is 19.4 Å². The van der Waals surface area contributed by atoms with E-state index in [2.05, 4.69) is 19.2 Å². The zero-order chi connectivity index (χ0) is 18.0. The van der Waals surface area contributed by atoms with E-state index in [4.69, 9.17) is 16.3 Å². The normalized spacial score (nSPS) is 19.9. The summed E-state index contributed by atoms with van der Waals surface area (Å²) < 4.78 is 5.96. The van der Waals surface area contributed by atoms with Crippen LogP contribution in [-0.4, -0.2) is 30.6 Å². The third kappa shape index (κ3) is 3.80. The number of benzene rings is 2. The van der Waals surface area contributed by atoms with E-state index in [-0.39, 0.29) is 11.9 Å². The second-order valence-electron chi connectivity index (χ2n) is 6.62. The number of amides is 1. The van der Waals surface area contributed by atoms with Crippen LogP contribution in [0.25, 0.3) is 0 Å². The molecular weight excluding hydrogens is 336 g/mol. The third-order valence-electron chi connectivity index (χ3n) is 4.35. The second-order valence-corrected chi connectivity index (χ2v) is 7.05. The lowest BCUT2D eigenvalue weighted by atomic mass is 9.94. The standard InChI is InChI=1S/C20H23ClN2O2/c1-13(2)22-12-18-19(25-16-10-8-15(21)9-11-16)20(24)23(18)17-7-5-4-6-14(17)3/h4-11,13,18-19,22H,12H2,1-3H3/t18-,19-/m0/s1. The van der Waals surface area contributed by atoms with Crippen LogP contribution in [0.5, 0.6) is 5.75 Å². The van der Waals surface area contributed by atoms with Gasteiger partial charge in [-0.25, -0.2) is 0 Å². The molecule has 2 atom stereocenters. The summed E-state index contributed by atoms with van der Waals surface area (Å²) in [6.45, 7) is 6.88. The van der Waals surface area contributed by atoms with E-state index in [1.54, 1.807) is 24.3 Å². The molecule has 1 heterocycles. The highest BCUT2D eigenvalue weighted by molar-refractivity contribution is 6.30. The minimum Gasteiger partial charge on any atom is -0.478 e. The summed E-state index contributed by atoms with van der Waals surface area (Å²) in [6.07, 6.45) is -0.493. The lowest BCUT2D eigenvalue weighted by molar-refractivity contribution is -0.134. The molecule has 1 amide bonds. The molecular formula is C20H23ClN2O2. The second kappa shape index (κ2) is 7.46. The summed E-state index contributed by atoms with van der Waals surface area (Å²) in [7, 11) is 0. The van der Waals surface area contributed by atoms with Crippen molar-refractivity contribution in [3.8, 4) is 5.75 Å². The number of hydrogen-bond acceptors (Lipinski definition) is 3. The molecule has 0 saturated carbocycles. The van der Waals surface area contributed by atoms with E-state index in [0.717, 1.165) is 11.3 Å². The van der Waals surface area contributed by atoms with Gasteiger partial charge in [-0.1, -0.05) is 43.6 Å². The van der Waals surface area contributed by atoms with E-state index in [1.165, 1.54) is 0 Å². The van der Waals surface area contributed by atoms with Gasteiger partial charge in [0.1, 0.15) is 5.75 Å². The molecule has 25 heavy (non-hydrogen) atoms. The molecule has 0 bridgehead atoms. The highest BCUT2D eigenvalue weighted by atomic mass is 35.5. The molecule has 5 heteroatoms. The number of β-lactam (4-membered cyclic amide) rings is 1. The van der Waals surface area contributed by atoms with Gasteiger partial charge in [-0.05, 0) is 42.8 Å². The van der Waals surface area contributed by atoms with Gasteiger partial charge < -0.3 is 15.0 Å². The fraction of sp³-hybridized carbons (Fsp3) is 0.350. The van der Waals surface area contributed by atoms with Gasteiger partial charge in [-0.15, -0.1) is 0 Å². The number of carbonyl (C=O) groups is 1. The summed E-state index contributed by atoms with van der Waals surface area (Å²) in [4.78, 5) is 14.6. The lowest BCUT2D eigenvalue weighted by Gasteiger charge is -2.47. The van der Waals surface area contributed by atoms with Crippen molar-refractivity contribution in [2.24, 2.45) is 0 Å². The highest BCUT2D eigenvalue weighted by Crippen LogP contribution is 2.33. The number of rotatable bonds is 6. The first-order chi connectivity index (χ1) is 12.0. The molecule has 2 aromatic carbocycles. The zero-order valence-corrected chi connectivity index (χ0v) is 15.5. The van der Waals surface area contributed by atoms with E-state index in [9.17, 15) is 4.79 Å². The molecule has 0 radical (unpaired) electrons. The molecule has 1 aliphatic heterocycles. The molecule has 0 spiro atoms. The van der Waals surface area contributed by atoms with Gasteiger partial charge in [0.2, 0.25) is 0 Å². The molecule has 3 rings (SSSR count). The van der Waals surface area contributed by atoms with E-state index < -0.39 is 6.10 Å². The SMILES string of the molecule is Cc1ccccc1N1C(=O)[C@@H](Oc2ccc(Cl)cc2)[C@@H]1CNC(C)C. The number of ether oxygens (including phenoxy) is 1. The van der Waals surface area contributed by atoms with Crippen molar-refractivity contribution in [3.05, 3.63) is 59.1 Å². The number of halogens is 1. The van der Waals surface area contributed by atoms with Gasteiger partial charge in [0.25, 0.3) is 5.91 Å². The summed E-state index contributed by atoms with van der Waals surface area (Å²) in [5, 5.41) is 4.06. The molecule has 132 valence electrons. The maximum Gasteiger partial charge on any atom is 0.270 e. The molecule has 1 fully saturated rings. The van der Waals surface area contributed by atoms with Crippen molar-refractivity contribution < 1.29 is 9.53 Å². The summed E-state index contributed by atoms with van der Waals surface area (Å²) >= 11 is 5.92. The molecule has 4 nitrogen and oxygen atoms in total. The van der Waals surface area contributed by atoms with Crippen molar-refractivity contribution in [3.63, 3.8) is 0 Å². The van der Waals surface area contributed by atoms with Crippen LogP contribution in [0.15, 0.2) is 48.5 Å². The molecule has 0 unspecified atom stereocenters. The molecule has 1 N–H and O–H groups in total. The molecule has 1 saturated heterocycles. The molecule has 2 aromatic rings. The fourth-order valence-corrected chi connectivity index (χ4v) is 3.12. The number of nitrogens with one attached hydrogen (secondary N) is 1. The van der Waals surface area contributed by atoms with Crippen LogP contribution in [0.3, 0.4) is 0 Å². The van der Waals surface area contributed by atoms with Crippen LogP contribution < -0.4 is 15.0 Å². The summed E-state index contributed by atoms with van der Waals surface area (Å²) in [5.74, 6) is 0.640. The van der Waals surface area contributed by atoms with E-state index in [1.807, 2.05) is 36.1 Å². The van der Waals surface area contributed by atoms with Gasteiger partial charge >= 0.3 is 0 Å². The number of para-hydroxylation sites is 1. The summed E-state index contributed by atoms with van der Waals surface area (Å²) in [5.41, 5.74) is 2.02. The van der Waals surface area contributed by atoms with Crippen molar-refractivity contribution in [2.75, 3.05) is 11.4 Å². The minimum absolute atomic E-state index is 0.0141. The summed E-state index contributed by atoms with van der Waals surface area (Å²) in [6, 6.07) is 15.3. The monoisotopic (exact) mass is 358 g/mol. The number of anilines is 1. The average molecular weight is 359 g/mol. The van der Waals surface area contributed by atoms with Gasteiger partial charge in [-0.2, -0.15) is 0 Å². The number of nitrogens with zero attached hydrogens (tertiary/aromatic N) is 1. The van der Waals surface area contributed by atoms with E-state index >= 15 is 0 Å². The Bertz CT molecular complexity index is 746. The van der Waals surface area contributed by atoms with Gasteiger partial charge in [0.05, 0.1) is 6.04 Å². The number of hydrogen-bond donors (Lipinski definition) is 1. The minimum atomic E-state index is -0.493. The third-order valence-corrected chi connectivity index (χ3v) is 4.60. The highest BCUT2D eigenvalue weighted by Gasteiger charge is 2.50. The first kappa shape index (κ1) is 17.8. The predicted octanol–water partition coefficient (Wildman–Crippen LogP) is 3.81. The zero-order valence-electron chi connectivity index (χ0n) is 14.7. The molecule has 0 aliphatic carbocycles. The van der Waals surface area contributed by atoms with Gasteiger partial charge in [-0.3, -0.25) is 4.79 Å². The predicted molar refractivity (Wildman–Crippen MR) is 101 cm³/mol. The topological polar surface area (TPSA) is 41.6 Å². The maximum atomic E-state index is 12.8. The Morgan fingerprint density at radius 3 is 2.48 bits per heavy atom. The Morgan fingerprint density at radius 1 is 1.16 bits per heavy atom. The van der Waals surface area contributed by atoms with Crippen LogP contribution in [-0.2, 0) is 4.79 Å². The van der Waals surface area contributed by atoms with Crippen molar-refractivity contribution >= 4 is 23.2 Å². The Kier molecular flexibility index (Phi) is 5.30. The van der Waals surface area contributed by atoms with Crippen LogP contribution in [0.4, 0.5) is 5.69 Å². The Hall–Kier alpha value is -2.04. The smallest absolute Gasteiger partial charge is 0.270 e. The average Bonchev–Trinajstić information content (AvgIpc) is 2.59.